The molecule has 0 aliphatic heterocycles. The minimum atomic E-state index is -1.14. The SMILES string of the molecule is CCNC(=NCc1cccnc1Oc1cccc(F)c1)NCC(C)(O)c1cc(C)oc1C. The number of nitrogens with one attached hydrogen (secondary N) is 2. The largest absolute Gasteiger partial charge is 0.466 e. The van der Waals surface area contributed by atoms with Gasteiger partial charge in [0.1, 0.15) is 28.7 Å². The maximum atomic E-state index is 13.5. The topological polar surface area (TPSA) is 91.9 Å². The van der Waals surface area contributed by atoms with Crippen LogP contribution in [0, 0.1) is 19.7 Å². The molecule has 0 saturated carbocycles. The number of aliphatic imine (C=N–C) groups is 1. The molecule has 0 bridgehead atoms. The summed E-state index contributed by atoms with van der Waals surface area (Å²) in [5.74, 6) is 2.31. The van der Waals surface area contributed by atoms with Gasteiger partial charge in [-0.25, -0.2) is 14.4 Å². The molecule has 0 aliphatic rings. The van der Waals surface area contributed by atoms with Gasteiger partial charge in [0.2, 0.25) is 5.88 Å². The molecule has 3 N–H and O–H groups in total. The molecular weight excluding hydrogens is 411 g/mol. The summed E-state index contributed by atoms with van der Waals surface area (Å²) in [6.45, 7) is 8.53. The number of benzene rings is 1. The predicted molar refractivity (Wildman–Crippen MR) is 121 cm³/mol. The third-order valence-electron chi connectivity index (χ3n) is 4.83. The lowest BCUT2D eigenvalue weighted by Gasteiger charge is -2.24. The van der Waals surface area contributed by atoms with Crippen molar-refractivity contribution in [3.05, 3.63) is 77.1 Å². The number of rotatable bonds is 8. The molecule has 0 radical (unpaired) electrons. The second-order valence-corrected chi connectivity index (χ2v) is 7.68. The molecule has 32 heavy (non-hydrogen) atoms. The number of aryl methyl sites for hydroxylation is 2. The first-order valence-electron chi connectivity index (χ1n) is 10.5. The minimum absolute atomic E-state index is 0.234. The van der Waals surface area contributed by atoms with Crippen LogP contribution in [0.2, 0.25) is 0 Å². The van der Waals surface area contributed by atoms with E-state index in [9.17, 15) is 9.50 Å². The van der Waals surface area contributed by atoms with Crippen LogP contribution in [-0.4, -0.2) is 29.1 Å². The van der Waals surface area contributed by atoms with Crippen molar-refractivity contribution in [2.75, 3.05) is 13.1 Å². The number of hydrogen-bond acceptors (Lipinski definition) is 5. The number of aliphatic hydroxyl groups is 1. The van der Waals surface area contributed by atoms with Crippen molar-refractivity contribution in [2.45, 2.75) is 39.8 Å². The van der Waals surface area contributed by atoms with Crippen LogP contribution in [0.4, 0.5) is 4.39 Å². The van der Waals surface area contributed by atoms with E-state index >= 15 is 0 Å². The van der Waals surface area contributed by atoms with Crippen LogP contribution in [0.15, 0.2) is 58.1 Å². The van der Waals surface area contributed by atoms with Gasteiger partial charge in [-0.3, -0.25) is 0 Å². The van der Waals surface area contributed by atoms with Crippen molar-refractivity contribution in [2.24, 2.45) is 4.99 Å². The Morgan fingerprint density at radius 2 is 2.03 bits per heavy atom. The highest BCUT2D eigenvalue weighted by atomic mass is 19.1. The van der Waals surface area contributed by atoms with Crippen LogP contribution in [0.5, 0.6) is 11.6 Å². The van der Waals surface area contributed by atoms with Crippen LogP contribution in [0.25, 0.3) is 0 Å². The number of hydrogen-bond donors (Lipinski definition) is 3. The highest BCUT2D eigenvalue weighted by Gasteiger charge is 2.27. The van der Waals surface area contributed by atoms with Gasteiger partial charge in [-0.2, -0.15) is 0 Å². The van der Waals surface area contributed by atoms with Crippen LogP contribution in [0.1, 0.15) is 36.5 Å². The number of nitrogens with zero attached hydrogens (tertiary/aromatic N) is 2. The highest BCUT2D eigenvalue weighted by molar-refractivity contribution is 5.79. The van der Waals surface area contributed by atoms with Gasteiger partial charge in [-0.1, -0.05) is 12.1 Å². The fraction of sp³-hybridized carbons (Fsp3) is 0.333. The summed E-state index contributed by atoms with van der Waals surface area (Å²) in [5.41, 5.74) is 0.330. The molecule has 3 rings (SSSR count). The van der Waals surface area contributed by atoms with Crippen molar-refractivity contribution in [3.8, 4) is 11.6 Å². The molecule has 2 heterocycles. The molecular formula is C24H29FN4O3. The third-order valence-corrected chi connectivity index (χ3v) is 4.83. The Hall–Kier alpha value is -3.39. The van der Waals surface area contributed by atoms with Crippen LogP contribution >= 0.6 is 0 Å². The van der Waals surface area contributed by atoms with E-state index in [0.717, 1.165) is 16.9 Å². The molecule has 0 spiro atoms. The molecule has 1 unspecified atom stereocenters. The highest BCUT2D eigenvalue weighted by Crippen LogP contribution is 2.26. The van der Waals surface area contributed by atoms with Gasteiger partial charge < -0.3 is 24.9 Å². The molecule has 0 aliphatic carbocycles. The third kappa shape index (κ3) is 6.07. The molecule has 3 aromatic rings. The standard InChI is InChI=1S/C24H29FN4O3/c1-5-26-23(29-15-24(4,30)21-12-16(2)31-17(21)3)28-14-18-8-7-11-27-22(18)32-20-10-6-9-19(25)13-20/h6-13,30H,5,14-15H2,1-4H3,(H2,26,28,29). The van der Waals surface area contributed by atoms with Gasteiger partial charge in [-0.15, -0.1) is 0 Å². The summed E-state index contributed by atoms with van der Waals surface area (Å²) in [6.07, 6.45) is 1.61. The fourth-order valence-electron chi connectivity index (χ4n) is 3.30. The quantitative estimate of drug-likeness (QED) is 0.359. The second-order valence-electron chi connectivity index (χ2n) is 7.68. The number of guanidine groups is 1. The van der Waals surface area contributed by atoms with E-state index in [1.54, 1.807) is 31.3 Å². The van der Waals surface area contributed by atoms with Crippen molar-refractivity contribution in [3.63, 3.8) is 0 Å². The lowest BCUT2D eigenvalue weighted by molar-refractivity contribution is 0.0601. The number of pyridine rings is 1. The molecule has 1 aromatic carbocycles. The summed E-state index contributed by atoms with van der Waals surface area (Å²) in [5, 5.41) is 17.3. The van der Waals surface area contributed by atoms with Gasteiger partial charge in [0.05, 0.1) is 13.1 Å². The van der Waals surface area contributed by atoms with Crippen molar-refractivity contribution in [1.82, 2.24) is 15.6 Å². The Kier molecular flexibility index (Phi) is 7.48. The lowest BCUT2D eigenvalue weighted by atomic mass is 9.96. The Morgan fingerprint density at radius 1 is 1.22 bits per heavy atom. The predicted octanol–water partition coefficient (Wildman–Crippen LogP) is 4.19. The summed E-state index contributed by atoms with van der Waals surface area (Å²) >= 11 is 0. The zero-order valence-corrected chi connectivity index (χ0v) is 18.8. The molecule has 1 atom stereocenters. The van der Waals surface area contributed by atoms with Crippen molar-refractivity contribution < 1.29 is 18.7 Å². The monoisotopic (exact) mass is 440 g/mol. The number of ether oxygens (including phenoxy) is 1. The molecule has 0 amide bonds. The Bertz CT molecular complexity index is 1080. The maximum Gasteiger partial charge on any atom is 0.224 e. The Balaban J connectivity index is 1.72. The van der Waals surface area contributed by atoms with Crippen LogP contribution in [0.3, 0.4) is 0 Å². The van der Waals surface area contributed by atoms with Gasteiger partial charge in [-0.05, 0) is 52.0 Å². The lowest BCUT2D eigenvalue weighted by Crippen LogP contribution is -2.44. The van der Waals surface area contributed by atoms with Gasteiger partial charge >= 0.3 is 0 Å². The molecule has 0 fully saturated rings. The van der Waals surface area contributed by atoms with E-state index in [1.807, 2.05) is 32.9 Å². The summed E-state index contributed by atoms with van der Waals surface area (Å²) in [4.78, 5) is 8.85. The van der Waals surface area contributed by atoms with E-state index in [1.165, 1.54) is 12.1 Å². The normalized spacial score (nSPS) is 13.5. The molecule has 7 nitrogen and oxygen atoms in total. The average molecular weight is 441 g/mol. The first-order chi connectivity index (χ1) is 15.3. The van der Waals surface area contributed by atoms with Crippen LogP contribution < -0.4 is 15.4 Å². The van der Waals surface area contributed by atoms with E-state index in [0.29, 0.717) is 29.9 Å². The van der Waals surface area contributed by atoms with E-state index < -0.39 is 5.60 Å². The van der Waals surface area contributed by atoms with Gasteiger partial charge in [0, 0.05) is 29.9 Å². The number of halogens is 1. The Morgan fingerprint density at radius 3 is 2.72 bits per heavy atom. The summed E-state index contributed by atoms with van der Waals surface area (Å²) < 4.78 is 24.8. The first kappa shape index (κ1) is 23.3. The number of aromatic nitrogens is 1. The molecule has 0 saturated heterocycles. The van der Waals surface area contributed by atoms with E-state index in [-0.39, 0.29) is 18.9 Å². The van der Waals surface area contributed by atoms with E-state index in [4.69, 9.17) is 9.15 Å². The maximum absolute atomic E-state index is 13.5. The van der Waals surface area contributed by atoms with Gasteiger partial charge in [0.15, 0.2) is 5.96 Å². The molecule has 8 heteroatoms. The minimum Gasteiger partial charge on any atom is -0.466 e. The second kappa shape index (κ2) is 10.3. The fourth-order valence-corrected chi connectivity index (χ4v) is 3.30. The molecule has 170 valence electrons. The zero-order valence-electron chi connectivity index (χ0n) is 18.8. The summed E-state index contributed by atoms with van der Waals surface area (Å²) in [7, 11) is 0. The zero-order chi connectivity index (χ0) is 23.1. The molecule has 2 aromatic heterocycles. The average Bonchev–Trinajstić information content (AvgIpc) is 3.10. The van der Waals surface area contributed by atoms with Crippen molar-refractivity contribution >= 4 is 5.96 Å². The van der Waals surface area contributed by atoms with Gasteiger partial charge in [0.25, 0.3) is 0 Å². The first-order valence-corrected chi connectivity index (χ1v) is 10.5. The smallest absolute Gasteiger partial charge is 0.224 e. The van der Waals surface area contributed by atoms with E-state index in [2.05, 4.69) is 20.6 Å². The summed E-state index contributed by atoms with van der Waals surface area (Å²) in [6, 6.07) is 11.4. The van der Waals surface area contributed by atoms with Crippen molar-refractivity contribution in [1.29, 1.82) is 0 Å². The number of furan rings is 1. The Labute approximate surface area is 187 Å². The van der Waals surface area contributed by atoms with Crippen LogP contribution in [-0.2, 0) is 12.1 Å².